The summed E-state index contributed by atoms with van der Waals surface area (Å²) in [4.78, 5) is 13.5. The van der Waals surface area contributed by atoms with Crippen LogP contribution >= 0.6 is 11.6 Å². The number of benzene rings is 1. The molecular weight excluding hydrogens is 286 g/mol. The van der Waals surface area contributed by atoms with Gasteiger partial charge < -0.3 is 9.88 Å². The second-order valence-corrected chi connectivity index (χ2v) is 5.20. The van der Waals surface area contributed by atoms with Crippen LogP contribution in [0, 0.1) is 0 Å². The quantitative estimate of drug-likeness (QED) is 0.804. The molecule has 0 aliphatic rings. The molecular formula is C15H16ClN5. The molecule has 0 aliphatic carbocycles. The van der Waals surface area contributed by atoms with Gasteiger partial charge in [0.2, 0.25) is 0 Å². The molecule has 21 heavy (non-hydrogen) atoms. The van der Waals surface area contributed by atoms with E-state index in [0.717, 1.165) is 39.8 Å². The summed E-state index contributed by atoms with van der Waals surface area (Å²) in [6.45, 7) is 2.72. The molecule has 5 nitrogen and oxygen atoms in total. The van der Waals surface area contributed by atoms with Crippen LogP contribution in [0.15, 0.2) is 30.6 Å². The summed E-state index contributed by atoms with van der Waals surface area (Å²) in [5.41, 5.74) is 2.74. The Morgan fingerprint density at radius 2 is 2.14 bits per heavy atom. The van der Waals surface area contributed by atoms with Crippen molar-refractivity contribution in [2.75, 3.05) is 12.4 Å². The van der Waals surface area contributed by atoms with E-state index < -0.39 is 0 Å². The molecule has 3 aromatic rings. The second-order valence-electron chi connectivity index (χ2n) is 4.77. The van der Waals surface area contributed by atoms with E-state index in [-0.39, 0.29) is 0 Å². The first-order chi connectivity index (χ1) is 10.2. The third-order valence-electron chi connectivity index (χ3n) is 3.31. The molecule has 6 heteroatoms. The van der Waals surface area contributed by atoms with Gasteiger partial charge in [-0.25, -0.2) is 15.0 Å². The summed E-state index contributed by atoms with van der Waals surface area (Å²) in [5, 5.41) is 3.82. The Morgan fingerprint density at radius 1 is 1.29 bits per heavy atom. The van der Waals surface area contributed by atoms with Gasteiger partial charge >= 0.3 is 0 Å². The number of aryl methyl sites for hydroxylation is 1. The standard InChI is InChI=1S/C15H16ClN5/c1-3-12-19-14(17-2)13-15(20-12)21(9-18-13)8-10-5-4-6-11(16)7-10/h4-7,9H,3,8H2,1-2H3,(H,17,19,20). The average molecular weight is 302 g/mol. The number of halogens is 1. The number of nitrogens with one attached hydrogen (secondary N) is 1. The molecule has 1 aromatic carbocycles. The Morgan fingerprint density at radius 3 is 2.86 bits per heavy atom. The van der Waals surface area contributed by atoms with E-state index in [9.17, 15) is 0 Å². The van der Waals surface area contributed by atoms with Crippen molar-refractivity contribution in [3.8, 4) is 0 Å². The van der Waals surface area contributed by atoms with E-state index >= 15 is 0 Å². The van der Waals surface area contributed by atoms with Crippen LogP contribution in [0.1, 0.15) is 18.3 Å². The molecule has 3 rings (SSSR count). The smallest absolute Gasteiger partial charge is 0.166 e. The van der Waals surface area contributed by atoms with Crippen LogP contribution in [0.3, 0.4) is 0 Å². The van der Waals surface area contributed by atoms with Gasteiger partial charge in [-0.3, -0.25) is 0 Å². The van der Waals surface area contributed by atoms with Crippen molar-refractivity contribution in [3.05, 3.63) is 47.0 Å². The molecule has 0 amide bonds. The zero-order valence-corrected chi connectivity index (χ0v) is 12.7. The summed E-state index contributed by atoms with van der Waals surface area (Å²) >= 11 is 6.04. The maximum absolute atomic E-state index is 6.04. The van der Waals surface area contributed by atoms with Gasteiger partial charge in [0.15, 0.2) is 11.5 Å². The highest BCUT2D eigenvalue weighted by molar-refractivity contribution is 6.30. The lowest BCUT2D eigenvalue weighted by molar-refractivity contribution is 0.806. The SMILES string of the molecule is CCc1nc(NC)c2ncn(Cc3cccc(Cl)c3)c2n1. The van der Waals surface area contributed by atoms with Gasteiger partial charge in [-0.15, -0.1) is 0 Å². The number of aromatic nitrogens is 4. The minimum Gasteiger partial charge on any atom is -0.371 e. The summed E-state index contributed by atoms with van der Waals surface area (Å²) in [7, 11) is 1.84. The number of imidazole rings is 1. The summed E-state index contributed by atoms with van der Waals surface area (Å²) in [6.07, 6.45) is 2.58. The number of rotatable bonds is 4. The van der Waals surface area contributed by atoms with Crippen LogP contribution in [0.4, 0.5) is 5.82 Å². The molecule has 0 atom stereocenters. The molecule has 0 fully saturated rings. The zero-order chi connectivity index (χ0) is 14.8. The van der Waals surface area contributed by atoms with Gasteiger partial charge in [-0.05, 0) is 17.7 Å². The van der Waals surface area contributed by atoms with Gasteiger partial charge in [-0.2, -0.15) is 0 Å². The van der Waals surface area contributed by atoms with E-state index in [4.69, 9.17) is 11.6 Å². The predicted octanol–water partition coefficient (Wildman–Crippen LogP) is 3.13. The Kier molecular flexibility index (Phi) is 3.75. The summed E-state index contributed by atoms with van der Waals surface area (Å²) in [6, 6.07) is 7.81. The molecule has 2 aromatic heterocycles. The van der Waals surface area contributed by atoms with E-state index in [1.165, 1.54) is 0 Å². The molecule has 108 valence electrons. The second kappa shape index (κ2) is 5.69. The van der Waals surface area contributed by atoms with Crippen molar-refractivity contribution in [2.45, 2.75) is 19.9 Å². The maximum Gasteiger partial charge on any atom is 0.166 e. The van der Waals surface area contributed by atoms with Crippen LogP contribution in [-0.4, -0.2) is 26.6 Å². The third-order valence-corrected chi connectivity index (χ3v) is 3.54. The average Bonchev–Trinajstić information content (AvgIpc) is 2.89. The maximum atomic E-state index is 6.04. The minimum atomic E-state index is 0.681. The Labute approximate surface area is 128 Å². The largest absolute Gasteiger partial charge is 0.371 e. The summed E-state index contributed by atoms with van der Waals surface area (Å²) in [5.74, 6) is 1.57. The molecule has 0 saturated heterocycles. The molecule has 0 radical (unpaired) electrons. The number of anilines is 1. The van der Waals surface area contributed by atoms with Crippen molar-refractivity contribution in [3.63, 3.8) is 0 Å². The van der Waals surface area contributed by atoms with E-state index in [1.54, 1.807) is 6.33 Å². The van der Waals surface area contributed by atoms with Gasteiger partial charge in [0, 0.05) is 18.5 Å². The number of nitrogens with zero attached hydrogens (tertiary/aromatic N) is 4. The van der Waals surface area contributed by atoms with Crippen LogP contribution in [0.5, 0.6) is 0 Å². The lowest BCUT2D eigenvalue weighted by Gasteiger charge is -2.07. The van der Waals surface area contributed by atoms with Crippen LogP contribution in [-0.2, 0) is 13.0 Å². The first-order valence-electron chi connectivity index (χ1n) is 6.85. The molecule has 0 aliphatic heterocycles. The first kappa shape index (κ1) is 13.8. The topological polar surface area (TPSA) is 55.6 Å². The molecule has 0 saturated carbocycles. The molecule has 0 bridgehead atoms. The van der Waals surface area contributed by atoms with Crippen molar-refractivity contribution < 1.29 is 0 Å². The van der Waals surface area contributed by atoms with Gasteiger partial charge in [0.25, 0.3) is 0 Å². The lowest BCUT2D eigenvalue weighted by atomic mass is 10.2. The van der Waals surface area contributed by atoms with Crippen LogP contribution in [0.2, 0.25) is 5.02 Å². The highest BCUT2D eigenvalue weighted by atomic mass is 35.5. The Hall–Kier alpha value is -2.14. The number of hydrogen-bond acceptors (Lipinski definition) is 4. The predicted molar refractivity (Wildman–Crippen MR) is 84.8 cm³/mol. The zero-order valence-electron chi connectivity index (χ0n) is 12.0. The molecule has 2 heterocycles. The normalized spacial score (nSPS) is 11.0. The van der Waals surface area contributed by atoms with Crippen LogP contribution in [0.25, 0.3) is 11.2 Å². The molecule has 0 spiro atoms. The Bertz CT molecular complexity index is 781. The highest BCUT2D eigenvalue weighted by Crippen LogP contribution is 2.20. The van der Waals surface area contributed by atoms with Crippen molar-refractivity contribution >= 4 is 28.6 Å². The molecule has 1 N–H and O–H groups in total. The van der Waals surface area contributed by atoms with Crippen LogP contribution < -0.4 is 5.32 Å². The van der Waals surface area contributed by atoms with E-state index in [0.29, 0.717) is 6.54 Å². The van der Waals surface area contributed by atoms with Crippen molar-refractivity contribution in [1.82, 2.24) is 19.5 Å². The Balaban J connectivity index is 2.07. The van der Waals surface area contributed by atoms with Gasteiger partial charge in [0.05, 0.1) is 12.9 Å². The monoisotopic (exact) mass is 301 g/mol. The van der Waals surface area contributed by atoms with Crippen molar-refractivity contribution in [2.24, 2.45) is 0 Å². The van der Waals surface area contributed by atoms with E-state index in [1.807, 2.05) is 42.8 Å². The number of fused-ring (bicyclic) bond motifs is 1. The first-order valence-corrected chi connectivity index (χ1v) is 7.23. The fourth-order valence-corrected chi connectivity index (χ4v) is 2.48. The van der Waals surface area contributed by atoms with Crippen molar-refractivity contribution in [1.29, 1.82) is 0 Å². The molecule has 0 unspecified atom stereocenters. The van der Waals surface area contributed by atoms with E-state index in [2.05, 4.69) is 20.3 Å². The lowest BCUT2D eigenvalue weighted by Crippen LogP contribution is -2.04. The fourth-order valence-electron chi connectivity index (χ4n) is 2.27. The van der Waals surface area contributed by atoms with Gasteiger partial charge in [-0.1, -0.05) is 30.7 Å². The minimum absolute atomic E-state index is 0.681. The number of hydrogen-bond donors (Lipinski definition) is 1. The highest BCUT2D eigenvalue weighted by Gasteiger charge is 2.12. The fraction of sp³-hybridized carbons (Fsp3) is 0.267. The van der Waals surface area contributed by atoms with Gasteiger partial charge in [0.1, 0.15) is 11.3 Å². The third kappa shape index (κ3) is 2.69. The summed E-state index contributed by atoms with van der Waals surface area (Å²) < 4.78 is 2.02.